The van der Waals surface area contributed by atoms with Gasteiger partial charge in [-0.2, -0.15) is 0 Å². The summed E-state index contributed by atoms with van der Waals surface area (Å²) in [6.45, 7) is 1.19. The lowest BCUT2D eigenvalue weighted by atomic mass is 10.1. The van der Waals surface area contributed by atoms with E-state index in [2.05, 4.69) is 9.97 Å². The highest BCUT2D eigenvalue weighted by Crippen LogP contribution is 2.27. The fraction of sp³-hybridized carbons (Fsp3) is 0.385. The van der Waals surface area contributed by atoms with Crippen LogP contribution in [-0.2, 0) is 0 Å². The summed E-state index contributed by atoms with van der Waals surface area (Å²) in [6.07, 6.45) is 2.51. The number of aliphatic hydroxyl groups is 1. The molecule has 1 unspecified atom stereocenters. The number of nitrogens with zero attached hydrogens (tertiary/aromatic N) is 3. The van der Waals surface area contributed by atoms with Gasteiger partial charge >= 0.3 is 0 Å². The van der Waals surface area contributed by atoms with Gasteiger partial charge in [-0.05, 0) is 18.9 Å². The summed E-state index contributed by atoms with van der Waals surface area (Å²) in [7, 11) is 0. The maximum atomic E-state index is 13.4. The molecule has 2 aromatic rings. The summed E-state index contributed by atoms with van der Waals surface area (Å²) < 4.78 is 26.6. The van der Waals surface area contributed by atoms with Gasteiger partial charge in [-0.15, -0.1) is 0 Å². The molecule has 1 atom stereocenters. The molecule has 1 fully saturated rings. The monoisotopic (exact) mass is 265 g/mol. The molecule has 19 heavy (non-hydrogen) atoms. The van der Waals surface area contributed by atoms with Gasteiger partial charge in [0.25, 0.3) is 0 Å². The molecular weight excluding hydrogens is 252 g/mol. The van der Waals surface area contributed by atoms with E-state index in [0.29, 0.717) is 23.3 Å². The maximum absolute atomic E-state index is 13.4. The standard InChI is InChI=1S/C13H13F2N3O/c14-10-4-9-12(5-11(10)15)16-7-17-13(9)18-3-1-2-8(19)6-18/h4-5,7-8,19H,1-3,6H2. The maximum Gasteiger partial charge on any atom is 0.161 e. The van der Waals surface area contributed by atoms with Crippen LogP contribution in [0, 0.1) is 11.6 Å². The fourth-order valence-electron chi connectivity index (χ4n) is 2.44. The van der Waals surface area contributed by atoms with Crippen molar-refractivity contribution in [2.45, 2.75) is 18.9 Å². The molecule has 1 aliphatic rings. The Morgan fingerprint density at radius 2 is 2.00 bits per heavy atom. The van der Waals surface area contributed by atoms with E-state index in [-0.39, 0.29) is 0 Å². The van der Waals surface area contributed by atoms with E-state index in [0.717, 1.165) is 31.5 Å². The predicted octanol–water partition coefficient (Wildman–Crippen LogP) is 1.87. The summed E-state index contributed by atoms with van der Waals surface area (Å²) in [5.74, 6) is -1.29. The Kier molecular flexibility index (Phi) is 3.02. The van der Waals surface area contributed by atoms with Gasteiger partial charge in [0.1, 0.15) is 12.1 Å². The van der Waals surface area contributed by atoms with Crippen LogP contribution in [0.5, 0.6) is 0 Å². The quantitative estimate of drug-likeness (QED) is 0.855. The minimum Gasteiger partial charge on any atom is -0.391 e. The Morgan fingerprint density at radius 1 is 1.21 bits per heavy atom. The Hall–Kier alpha value is -1.82. The summed E-state index contributed by atoms with van der Waals surface area (Å²) in [5, 5.41) is 10.2. The lowest BCUT2D eigenvalue weighted by Gasteiger charge is -2.31. The van der Waals surface area contributed by atoms with E-state index >= 15 is 0 Å². The highest BCUT2D eigenvalue weighted by atomic mass is 19.2. The largest absolute Gasteiger partial charge is 0.391 e. The van der Waals surface area contributed by atoms with Crippen molar-refractivity contribution >= 4 is 16.7 Å². The van der Waals surface area contributed by atoms with Gasteiger partial charge in [-0.25, -0.2) is 18.7 Å². The van der Waals surface area contributed by atoms with Crippen LogP contribution in [0.2, 0.25) is 0 Å². The van der Waals surface area contributed by atoms with Crippen molar-refractivity contribution in [3.05, 3.63) is 30.1 Å². The second-order valence-electron chi connectivity index (χ2n) is 4.72. The first-order valence-electron chi connectivity index (χ1n) is 6.18. The third-order valence-corrected chi connectivity index (χ3v) is 3.35. The minimum atomic E-state index is -0.921. The first-order valence-corrected chi connectivity index (χ1v) is 6.18. The van der Waals surface area contributed by atoms with Crippen LogP contribution in [0.25, 0.3) is 10.9 Å². The van der Waals surface area contributed by atoms with Crippen LogP contribution in [0.4, 0.5) is 14.6 Å². The molecule has 1 saturated heterocycles. The summed E-state index contributed by atoms with van der Waals surface area (Å²) in [4.78, 5) is 9.99. The summed E-state index contributed by atoms with van der Waals surface area (Å²) >= 11 is 0. The Labute approximate surface area is 108 Å². The van der Waals surface area contributed by atoms with Gasteiger partial charge in [0.05, 0.1) is 11.6 Å². The molecule has 0 bridgehead atoms. The number of halogens is 2. The van der Waals surface area contributed by atoms with Gasteiger partial charge in [-0.1, -0.05) is 0 Å². The van der Waals surface area contributed by atoms with Gasteiger partial charge < -0.3 is 10.0 Å². The zero-order valence-corrected chi connectivity index (χ0v) is 10.2. The van der Waals surface area contributed by atoms with E-state index in [1.165, 1.54) is 6.33 Å². The number of piperidine rings is 1. The number of aliphatic hydroxyl groups excluding tert-OH is 1. The van der Waals surface area contributed by atoms with Crippen LogP contribution in [-0.4, -0.2) is 34.3 Å². The van der Waals surface area contributed by atoms with Gasteiger partial charge in [0.15, 0.2) is 11.6 Å². The molecule has 0 amide bonds. The minimum absolute atomic E-state index is 0.365. The molecule has 1 aromatic heterocycles. The molecule has 1 aromatic carbocycles. The highest BCUT2D eigenvalue weighted by Gasteiger charge is 2.21. The summed E-state index contributed by atoms with van der Waals surface area (Å²) in [5.41, 5.74) is 0.365. The van der Waals surface area contributed by atoms with Gasteiger partial charge in [0, 0.05) is 24.5 Å². The van der Waals surface area contributed by atoms with E-state index in [9.17, 15) is 13.9 Å². The van der Waals surface area contributed by atoms with Crippen LogP contribution in [0.3, 0.4) is 0 Å². The average Bonchev–Trinajstić information content (AvgIpc) is 2.39. The van der Waals surface area contributed by atoms with Crippen LogP contribution >= 0.6 is 0 Å². The Bertz CT molecular complexity index is 620. The second-order valence-corrected chi connectivity index (χ2v) is 4.72. The van der Waals surface area contributed by atoms with Crippen molar-refractivity contribution in [1.29, 1.82) is 0 Å². The molecule has 4 nitrogen and oxygen atoms in total. The molecule has 2 heterocycles. The molecule has 0 aliphatic carbocycles. The number of benzene rings is 1. The third kappa shape index (κ3) is 2.23. The molecular formula is C13H13F2N3O. The first kappa shape index (κ1) is 12.2. The van der Waals surface area contributed by atoms with Crippen molar-refractivity contribution < 1.29 is 13.9 Å². The van der Waals surface area contributed by atoms with E-state index < -0.39 is 17.7 Å². The molecule has 1 aliphatic heterocycles. The zero-order valence-electron chi connectivity index (χ0n) is 10.2. The topological polar surface area (TPSA) is 49.2 Å². The fourth-order valence-corrected chi connectivity index (χ4v) is 2.44. The van der Waals surface area contributed by atoms with Crippen molar-refractivity contribution in [3.63, 3.8) is 0 Å². The van der Waals surface area contributed by atoms with Crippen LogP contribution < -0.4 is 4.90 Å². The van der Waals surface area contributed by atoms with Gasteiger partial charge in [0.2, 0.25) is 0 Å². The number of aromatic nitrogens is 2. The normalized spacial score (nSPS) is 19.9. The van der Waals surface area contributed by atoms with Crippen LogP contribution in [0.15, 0.2) is 18.5 Å². The lowest BCUT2D eigenvalue weighted by molar-refractivity contribution is 0.154. The Morgan fingerprint density at radius 3 is 2.79 bits per heavy atom. The number of fused-ring (bicyclic) bond motifs is 1. The van der Waals surface area contributed by atoms with Crippen LogP contribution in [0.1, 0.15) is 12.8 Å². The average molecular weight is 265 g/mol. The zero-order chi connectivity index (χ0) is 13.4. The lowest BCUT2D eigenvalue weighted by Crippen LogP contribution is -2.38. The molecule has 1 N–H and O–H groups in total. The molecule has 3 rings (SSSR count). The number of hydrogen-bond donors (Lipinski definition) is 1. The van der Waals surface area contributed by atoms with E-state index in [4.69, 9.17) is 0 Å². The van der Waals surface area contributed by atoms with Gasteiger partial charge in [-0.3, -0.25) is 0 Å². The van der Waals surface area contributed by atoms with Crippen molar-refractivity contribution in [2.75, 3.05) is 18.0 Å². The molecule has 100 valence electrons. The SMILES string of the molecule is OC1CCCN(c2ncnc3cc(F)c(F)cc23)C1. The first-order chi connectivity index (χ1) is 9.15. The van der Waals surface area contributed by atoms with Crippen molar-refractivity contribution in [1.82, 2.24) is 9.97 Å². The number of β-amino-alcohol motifs (C(OH)–C–C–N with tert-alkyl or cyclic N) is 1. The second kappa shape index (κ2) is 4.70. The molecule has 6 heteroatoms. The molecule has 0 radical (unpaired) electrons. The molecule has 0 spiro atoms. The highest BCUT2D eigenvalue weighted by molar-refractivity contribution is 5.89. The smallest absolute Gasteiger partial charge is 0.161 e. The van der Waals surface area contributed by atoms with Crippen molar-refractivity contribution in [2.24, 2.45) is 0 Å². The van der Waals surface area contributed by atoms with E-state index in [1.54, 1.807) is 0 Å². The third-order valence-electron chi connectivity index (χ3n) is 3.35. The predicted molar refractivity (Wildman–Crippen MR) is 66.9 cm³/mol. The Balaban J connectivity index is 2.10. The number of rotatable bonds is 1. The van der Waals surface area contributed by atoms with Crippen molar-refractivity contribution in [3.8, 4) is 0 Å². The van der Waals surface area contributed by atoms with E-state index in [1.807, 2.05) is 4.90 Å². The number of hydrogen-bond acceptors (Lipinski definition) is 4. The number of anilines is 1. The summed E-state index contributed by atoms with van der Waals surface area (Å²) in [6, 6.07) is 2.18. The molecule has 0 saturated carbocycles.